The molecule has 0 aliphatic heterocycles. The van der Waals surface area contributed by atoms with Crippen LogP contribution in [-0.4, -0.2) is 28.8 Å². The first-order valence-electron chi connectivity index (χ1n) is 5.99. The van der Waals surface area contributed by atoms with E-state index in [4.69, 9.17) is 4.42 Å². The van der Waals surface area contributed by atoms with E-state index < -0.39 is 0 Å². The highest BCUT2D eigenvalue weighted by atomic mass is 32.2. The van der Waals surface area contributed by atoms with E-state index in [0.29, 0.717) is 5.89 Å². The summed E-state index contributed by atoms with van der Waals surface area (Å²) in [6, 6.07) is 8.03. The number of nitrogens with zero attached hydrogens (tertiary/aromatic N) is 2. The molecular formula is C13H17N3OS. The molecule has 1 N–H and O–H groups in total. The smallest absolute Gasteiger partial charge is 0.247 e. The Kier molecular flexibility index (Phi) is 5.08. The first-order chi connectivity index (χ1) is 8.90. The van der Waals surface area contributed by atoms with Crippen molar-refractivity contribution in [2.75, 3.05) is 23.9 Å². The summed E-state index contributed by atoms with van der Waals surface area (Å²) in [6.07, 6.45) is 5.92. The molecule has 0 amide bonds. The van der Waals surface area contributed by atoms with Crippen molar-refractivity contribution in [3.05, 3.63) is 30.7 Å². The number of nitrogens with one attached hydrogen (secondary N) is 1. The molecule has 0 fully saturated rings. The van der Waals surface area contributed by atoms with Crippen LogP contribution in [0.1, 0.15) is 12.8 Å². The summed E-state index contributed by atoms with van der Waals surface area (Å²) >= 11 is 1.89. The molecule has 0 bridgehead atoms. The lowest BCUT2D eigenvalue weighted by Crippen LogP contribution is -2.01. The monoisotopic (exact) mass is 263 g/mol. The van der Waals surface area contributed by atoms with Gasteiger partial charge in [0.15, 0.2) is 0 Å². The minimum absolute atomic E-state index is 0.557. The zero-order chi connectivity index (χ0) is 12.6. The van der Waals surface area contributed by atoms with Gasteiger partial charge in [-0.05, 0) is 43.0 Å². The lowest BCUT2D eigenvalue weighted by Gasteiger charge is -2.06. The first-order valence-corrected chi connectivity index (χ1v) is 7.39. The molecule has 0 radical (unpaired) electrons. The third-order valence-electron chi connectivity index (χ3n) is 2.57. The summed E-state index contributed by atoms with van der Waals surface area (Å²) in [5.41, 5.74) is 2.04. The normalized spacial score (nSPS) is 10.5. The van der Waals surface area contributed by atoms with Crippen molar-refractivity contribution < 1.29 is 4.42 Å². The fourth-order valence-electron chi connectivity index (χ4n) is 1.67. The van der Waals surface area contributed by atoms with Gasteiger partial charge in [0.1, 0.15) is 0 Å². The standard InChI is InChI=1S/C13H17N3OS/c1-18-8-3-2-7-14-12-6-4-5-11(9-12)13-16-15-10-17-13/h4-6,9-10,14H,2-3,7-8H2,1H3. The lowest BCUT2D eigenvalue weighted by atomic mass is 10.2. The van der Waals surface area contributed by atoms with Gasteiger partial charge in [-0.25, -0.2) is 0 Å². The number of hydrogen-bond donors (Lipinski definition) is 1. The zero-order valence-electron chi connectivity index (χ0n) is 10.4. The van der Waals surface area contributed by atoms with Gasteiger partial charge in [-0.15, -0.1) is 10.2 Å². The molecule has 1 aromatic carbocycles. The van der Waals surface area contributed by atoms with Crippen molar-refractivity contribution >= 4 is 17.4 Å². The molecule has 0 unspecified atom stereocenters. The van der Waals surface area contributed by atoms with Crippen molar-refractivity contribution in [1.29, 1.82) is 0 Å². The van der Waals surface area contributed by atoms with Crippen LogP contribution >= 0.6 is 11.8 Å². The molecule has 4 nitrogen and oxygen atoms in total. The average Bonchev–Trinajstić information content (AvgIpc) is 2.93. The summed E-state index contributed by atoms with van der Waals surface area (Å²) in [5.74, 6) is 1.78. The topological polar surface area (TPSA) is 51.0 Å². The van der Waals surface area contributed by atoms with Crippen LogP contribution in [0.3, 0.4) is 0 Å². The fourth-order valence-corrected chi connectivity index (χ4v) is 2.16. The number of benzene rings is 1. The molecule has 2 aromatic rings. The van der Waals surface area contributed by atoms with E-state index in [1.807, 2.05) is 30.0 Å². The molecule has 0 saturated carbocycles. The summed E-state index contributed by atoms with van der Waals surface area (Å²) < 4.78 is 5.18. The Labute approximate surface area is 111 Å². The molecule has 0 saturated heterocycles. The third-order valence-corrected chi connectivity index (χ3v) is 3.27. The fraction of sp³-hybridized carbons (Fsp3) is 0.385. The Bertz CT molecular complexity index is 459. The van der Waals surface area contributed by atoms with Crippen LogP contribution in [-0.2, 0) is 0 Å². The second-order valence-electron chi connectivity index (χ2n) is 3.95. The molecular weight excluding hydrogens is 246 g/mol. The van der Waals surface area contributed by atoms with Crippen molar-refractivity contribution in [1.82, 2.24) is 10.2 Å². The molecule has 0 atom stereocenters. The number of anilines is 1. The van der Waals surface area contributed by atoms with Crippen LogP contribution in [0.25, 0.3) is 11.5 Å². The number of unbranched alkanes of at least 4 members (excludes halogenated alkanes) is 1. The molecule has 0 aliphatic rings. The van der Waals surface area contributed by atoms with Crippen LogP contribution in [0, 0.1) is 0 Å². The highest BCUT2D eigenvalue weighted by molar-refractivity contribution is 7.98. The molecule has 2 rings (SSSR count). The predicted molar refractivity (Wildman–Crippen MR) is 75.8 cm³/mol. The van der Waals surface area contributed by atoms with Gasteiger partial charge in [-0.2, -0.15) is 11.8 Å². The second kappa shape index (κ2) is 7.06. The summed E-state index contributed by atoms with van der Waals surface area (Å²) in [7, 11) is 0. The third kappa shape index (κ3) is 3.77. The van der Waals surface area contributed by atoms with Gasteiger partial charge >= 0.3 is 0 Å². The quantitative estimate of drug-likeness (QED) is 0.777. The van der Waals surface area contributed by atoms with Crippen LogP contribution in [0.15, 0.2) is 35.1 Å². The van der Waals surface area contributed by atoms with Crippen LogP contribution in [0.4, 0.5) is 5.69 Å². The molecule has 0 spiro atoms. The summed E-state index contributed by atoms with van der Waals surface area (Å²) in [5, 5.41) is 11.0. The summed E-state index contributed by atoms with van der Waals surface area (Å²) in [6.45, 7) is 0.994. The predicted octanol–water partition coefficient (Wildman–Crippen LogP) is 3.29. The molecule has 18 heavy (non-hydrogen) atoms. The maximum absolute atomic E-state index is 5.18. The molecule has 1 heterocycles. The first kappa shape index (κ1) is 13.0. The molecule has 1 aromatic heterocycles. The minimum Gasteiger partial charge on any atom is -0.423 e. The SMILES string of the molecule is CSCCCCNc1cccc(-c2nnco2)c1. The van der Waals surface area contributed by atoms with Crippen molar-refractivity contribution in [2.24, 2.45) is 0 Å². The number of thioether (sulfide) groups is 1. The van der Waals surface area contributed by atoms with Gasteiger partial charge in [0, 0.05) is 17.8 Å². The maximum Gasteiger partial charge on any atom is 0.247 e. The highest BCUT2D eigenvalue weighted by Crippen LogP contribution is 2.20. The van der Waals surface area contributed by atoms with Crippen molar-refractivity contribution in [2.45, 2.75) is 12.8 Å². The van der Waals surface area contributed by atoms with E-state index in [-0.39, 0.29) is 0 Å². The largest absolute Gasteiger partial charge is 0.423 e. The van der Waals surface area contributed by atoms with E-state index in [1.165, 1.54) is 25.0 Å². The van der Waals surface area contributed by atoms with Crippen LogP contribution < -0.4 is 5.32 Å². The Balaban J connectivity index is 1.88. The van der Waals surface area contributed by atoms with Gasteiger partial charge < -0.3 is 9.73 Å². The second-order valence-corrected chi connectivity index (χ2v) is 4.94. The minimum atomic E-state index is 0.557. The van der Waals surface area contributed by atoms with E-state index in [2.05, 4.69) is 27.8 Å². The highest BCUT2D eigenvalue weighted by Gasteiger charge is 2.03. The molecule has 5 heteroatoms. The van der Waals surface area contributed by atoms with Crippen LogP contribution in [0.5, 0.6) is 0 Å². The van der Waals surface area contributed by atoms with E-state index in [9.17, 15) is 0 Å². The maximum atomic E-state index is 5.18. The number of rotatable bonds is 7. The zero-order valence-corrected chi connectivity index (χ0v) is 11.2. The van der Waals surface area contributed by atoms with E-state index >= 15 is 0 Å². The number of aromatic nitrogens is 2. The van der Waals surface area contributed by atoms with Gasteiger partial charge in [0.2, 0.25) is 12.3 Å². The number of hydrogen-bond acceptors (Lipinski definition) is 5. The van der Waals surface area contributed by atoms with Crippen molar-refractivity contribution in [3.8, 4) is 11.5 Å². The van der Waals surface area contributed by atoms with Gasteiger partial charge in [-0.1, -0.05) is 6.07 Å². The Morgan fingerprint density at radius 3 is 3.06 bits per heavy atom. The average molecular weight is 263 g/mol. The molecule has 0 aliphatic carbocycles. The van der Waals surface area contributed by atoms with Crippen molar-refractivity contribution in [3.63, 3.8) is 0 Å². The van der Waals surface area contributed by atoms with Gasteiger partial charge in [-0.3, -0.25) is 0 Å². The lowest BCUT2D eigenvalue weighted by molar-refractivity contribution is 0.568. The van der Waals surface area contributed by atoms with E-state index in [1.54, 1.807) is 0 Å². The van der Waals surface area contributed by atoms with Gasteiger partial charge in [0.05, 0.1) is 0 Å². The molecule has 96 valence electrons. The van der Waals surface area contributed by atoms with E-state index in [0.717, 1.165) is 17.8 Å². The van der Waals surface area contributed by atoms with Crippen LogP contribution in [0.2, 0.25) is 0 Å². The Morgan fingerprint density at radius 1 is 1.33 bits per heavy atom. The Morgan fingerprint density at radius 2 is 2.28 bits per heavy atom. The summed E-state index contributed by atoms with van der Waals surface area (Å²) in [4.78, 5) is 0. The Hall–Kier alpha value is -1.49. The van der Waals surface area contributed by atoms with Gasteiger partial charge in [0.25, 0.3) is 0 Å².